The van der Waals surface area contributed by atoms with Crippen LogP contribution in [-0.4, -0.2) is 48.9 Å². The fraction of sp³-hybridized carbons (Fsp3) is 0.520. The SMILES string of the molecule is CCOC(=O)c1c(S(=O)(=O)N2CCCC(C(=O)Nc3cc(C)cc(C)c3)C2)c(C)n(CC)c1C. The monoisotopic (exact) mass is 489 g/mol. The molecule has 1 aromatic carbocycles. The fourth-order valence-corrected chi connectivity index (χ4v) is 6.86. The molecule has 3 rings (SSSR count). The minimum atomic E-state index is -4.02. The average Bonchev–Trinajstić information content (AvgIpc) is 3.03. The van der Waals surface area contributed by atoms with Gasteiger partial charge in [0.25, 0.3) is 0 Å². The van der Waals surface area contributed by atoms with Crippen molar-refractivity contribution >= 4 is 27.6 Å². The van der Waals surface area contributed by atoms with Gasteiger partial charge in [0.2, 0.25) is 15.9 Å². The maximum atomic E-state index is 13.8. The fourth-order valence-electron chi connectivity index (χ4n) is 4.88. The quantitative estimate of drug-likeness (QED) is 0.594. The molecule has 0 bridgehead atoms. The predicted octanol–water partition coefficient (Wildman–Crippen LogP) is 3.96. The molecule has 0 spiro atoms. The van der Waals surface area contributed by atoms with Crippen molar-refractivity contribution in [2.75, 3.05) is 25.0 Å². The van der Waals surface area contributed by atoms with Crippen LogP contribution in [0.4, 0.5) is 5.69 Å². The summed E-state index contributed by atoms with van der Waals surface area (Å²) in [6.45, 7) is 12.0. The summed E-state index contributed by atoms with van der Waals surface area (Å²) in [7, 11) is -4.02. The number of benzene rings is 1. The second kappa shape index (κ2) is 10.3. The second-order valence-corrected chi connectivity index (χ2v) is 10.8. The molecule has 0 aliphatic carbocycles. The molecule has 1 saturated heterocycles. The van der Waals surface area contributed by atoms with Crippen LogP contribution in [0.1, 0.15) is 59.6 Å². The van der Waals surface area contributed by atoms with Crippen molar-refractivity contribution in [2.45, 2.75) is 65.8 Å². The van der Waals surface area contributed by atoms with Gasteiger partial charge in [-0.25, -0.2) is 13.2 Å². The first-order valence-corrected chi connectivity index (χ1v) is 13.2. The van der Waals surface area contributed by atoms with Crippen LogP contribution >= 0.6 is 0 Å². The van der Waals surface area contributed by atoms with Crippen LogP contribution in [0.25, 0.3) is 0 Å². The number of nitrogens with one attached hydrogen (secondary N) is 1. The normalized spacial score (nSPS) is 16.9. The summed E-state index contributed by atoms with van der Waals surface area (Å²) in [6.07, 6.45) is 1.16. The van der Waals surface area contributed by atoms with Gasteiger partial charge in [-0.15, -0.1) is 0 Å². The van der Waals surface area contributed by atoms with Gasteiger partial charge in [-0.2, -0.15) is 4.31 Å². The molecular formula is C25H35N3O5S. The molecule has 1 amide bonds. The first-order valence-electron chi connectivity index (χ1n) is 11.8. The minimum Gasteiger partial charge on any atom is -0.462 e. The second-order valence-electron chi connectivity index (χ2n) is 8.91. The zero-order valence-corrected chi connectivity index (χ0v) is 21.7. The van der Waals surface area contributed by atoms with Crippen molar-refractivity contribution in [1.82, 2.24) is 8.87 Å². The van der Waals surface area contributed by atoms with Gasteiger partial charge in [-0.05, 0) is 77.6 Å². The molecule has 0 saturated carbocycles. The van der Waals surface area contributed by atoms with Crippen LogP contribution < -0.4 is 5.32 Å². The highest BCUT2D eigenvalue weighted by Crippen LogP contribution is 2.33. The number of aryl methyl sites for hydroxylation is 2. The first kappa shape index (κ1) is 26.0. The Labute approximate surface area is 202 Å². The Bertz CT molecular complexity index is 1180. The third kappa shape index (κ3) is 5.05. The van der Waals surface area contributed by atoms with E-state index >= 15 is 0 Å². The lowest BCUT2D eigenvalue weighted by Crippen LogP contribution is -2.44. The Morgan fingerprint density at radius 3 is 2.29 bits per heavy atom. The van der Waals surface area contributed by atoms with Crippen LogP contribution in [0.5, 0.6) is 0 Å². The maximum absolute atomic E-state index is 13.8. The molecule has 1 fully saturated rings. The first-order chi connectivity index (χ1) is 16.0. The van der Waals surface area contributed by atoms with E-state index in [0.29, 0.717) is 43.0 Å². The number of hydrogen-bond donors (Lipinski definition) is 1. The van der Waals surface area contributed by atoms with Gasteiger partial charge in [0.05, 0.1) is 12.5 Å². The molecule has 1 N–H and O–H groups in total. The van der Waals surface area contributed by atoms with Gasteiger partial charge in [-0.3, -0.25) is 4.79 Å². The van der Waals surface area contributed by atoms with E-state index in [9.17, 15) is 18.0 Å². The van der Waals surface area contributed by atoms with E-state index in [-0.39, 0.29) is 29.5 Å². The topological polar surface area (TPSA) is 97.7 Å². The number of piperidine rings is 1. The van der Waals surface area contributed by atoms with Crippen molar-refractivity contribution in [3.63, 3.8) is 0 Å². The summed E-state index contributed by atoms with van der Waals surface area (Å²) < 4.78 is 36.0. The predicted molar refractivity (Wildman–Crippen MR) is 132 cm³/mol. The smallest absolute Gasteiger partial charge is 0.341 e. The number of esters is 1. The van der Waals surface area contributed by atoms with E-state index in [0.717, 1.165) is 11.1 Å². The third-order valence-corrected chi connectivity index (χ3v) is 8.39. The van der Waals surface area contributed by atoms with E-state index in [2.05, 4.69) is 5.32 Å². The largest absolute Gasteiger partial charge is 0.462 e. The Balaban J connectivity index is 1.91. The highest BCUT2D eigenvalue weighted by Gasteiger charge is 2.39. The van der Waals surface area contributed by atoms with Gasteiger partial charge >= 0.3 is 5.97 Å². The molecule has 1 atom stereocenters. The number of rotatable bonds is 7. The Morgan fingerprint density at radius 2 is 1.71 bits per heavy atom. The van der Waals surface area contributed by atoms with Crippen molar-refractivity contribution in [3.8, 4) is 0 Å². The van der Waals surface area contributed by atoms with Crippen LogP contribution in [0.3, 0.4) is 0 Å². The molecule has 1 aliphatic heterocycles. The molecule has 1 aromatic heterocycles. The van der Waals surface area contributed by atoms with E-state index in [4.69, 9.17) is 4.74 Å². The van der Waals surface area contributed by atoms with Crippen LogP contribution in [0.15, 0.2) is 23.1 Å². The van der Waals surface area contributed by atoms with Crippen molar-refractivity contribution in [2.24, 2.45) is 5.92 Å². The summed E-state index contributed by atoms with van der Waals surface area (Å²) in [5, 5.41) is 2.95. The van der Waals surface area contributed by atoms with E-state index < -0.39 is 21.9 Å². The van der Waals surface area contributed by atoms with Crippen LogP contribution in [0, 0.1) is 33.6 Å². The third-order valence-electron chi connectivity index (χ3n) is 6.37. The molecule has 0 radical (unpaired) electrons. The summed E-state index contributed by atoms with van der Waals surface area (Å²) >= 11 is 0. The highest BCUT2D eigenvalue weighted by molar-refractivity contribution is 7.89. The molecular weight excluding hydrogens is 454 g/mol. The number of aromatic nitrogens is 1. The van der Waals surface area contributed by atoms with Gasteiger partial charge < -0.3 is 14.6 Å². The van der Waals surface area contributed by atoms with Gasteiger partial charge in [0.1, 0.15) is 10.5 Å². The highest BCUT2D eigenvalue weighted by atomic mass is 32.2. The lowest BCUT2D eigenvalue weighted by atomic mass is 9.98. The zero-order chi connectivity index (χ0) is 25.2. The number of nitrogens with zero attached hydrogens (tertiary/aromatic N) is 2. The number of ether oxygens (including phenoxy) is 1. The van der Waals surface area contributed by atoms with Crippen molar-refractivity contribution in [1.29, 1.82) is 0 Å². The Kier molecular flexibility index (Phi) is 7.88. The minimum absolute atomic E-state index is 0.0133. The molecule has 1 aliphatic rings. The Morgan fingerprint density at radius 1 is 1.06 bits per heavy atom. The summed E-state index contributed by atoms with van der Waals surface area (Å²) in [4.78, 5) is 25.8. The molecule has 186 valence electrons. The summed E-state index contributed by atoms with van der Waals surface area (Å²) in [5.41, 5.74) is 3.95. The molecule has 34 heavy (non-hydrogen) atoms. The molecule has 2 aromatic rings. The maximum Gasteiger partial charge on any atom is 0.341 e. The number of hydrogen-bond acceptors (Lipinski definition) is 5. The van der Waals surface area contributed by atoms with Gasteiger partial charge in [0.15, 0.2) is 0 Å². The number of anilines is 1. The average molecular weight is 490 g/mol. The number of sulfonamides is 1. The van der Waals surface area contributed by atoms with E-state index in [1.165, 1.54) is 4.31 Å². The lowest BCUT2D eigenvalue weighted by Gasteiger charge is -2.31. The Hall–Kier alpha value is -2.65. The number of carbonyl (C=O) groups excluding carboxylic acids is 2. The lowest BCUT2D eigenvalue weighted by molar-refractivity contribution is -0.120. The molecule has 2 heterocycles. The van der Waals surface area contributed by atoms with Crippen molar-refractivity contribution in [3.05, 3.63) is 46.3 Å². The van der Waals surface area contributed by atoms with Crippen molar-refractivity contribution < 1.29 is 22.7 Å². The van der Waals surface area contributed by atoms with Gasteiger partial charge in [-0.1, -0.05) is 6.07 Å². The van der Waals surface area contributed by atoms with Crippen LogP contribution in [-0.2, 0) is 26.1 Å². The molecule has 8 nitrogen and oxygen atoms in total. The summed E-state index contributed by atoms with van der Waals surface area (Å²) in [6, 6.07) is 5.82. The van der Waals surface area contributed by atoms with Gasteiger partial charge in [0, 0.05) is 36.7 Å². The van der Waals surface area contributed by atoms with Crippen LogP contribution in [0.2, 0.25) is 0 Å². The van der Waals surface area contributed by atoms with E-state index in [1.54, 1.807) is 20.8 Å². The standard InChI is InChI=1S/C25H35N3O5S/c1-7-28-18(5)22(25(30)33-8-2)23(19(28)6)34(31,32)27-11-9-10-20(15-27)24(29)26-21-13-16(3)12-17(4)14-21/h12-14,20H,7-11,15H2,1-6H3,(H,26,29). The number of carbonyl (C=O) groups is 2. The molecule has 9 heteroatoms. The van der Waals surface area contributed by atoms with E-state index in [1.807, 2.05) is 43.5 Å². The zero-order valence-electron chi connectivity index (χ0n) is 20.9. The molecule has 1 unspecified atom stereocenters. The number of amides is 1. The summed E-state index contributed by atoms with van der Waals surface area (Å²) in [5.74, 6) is -1.32.